The smallest absolute Gasteiger partial charge is 0.0935 e. The molecule has 84 valence electrons. The molecule has 0 spiro atoms. The van der Waals surface area contributed by atoms with Gasteiger partial charge in [0.25, 0.3) is 0 Å². The van der Waals surface area contributed by atoms with E-state index in [9.17, 15) is 0 Å². The van der Waals surface area contributed by atoms with E-state index in [4.69, 9.17) is 21.9 Å². The summed E-state index contributed by atoms with van der Waals surface area (Å²) in [5, 5.41) is 0.717. The highest BCUT2D eigenvalue weighted by atomic mass is 35.5. The third-order valence-electron chi connectivity index (χ3n) is 2.50. The lowest BCUT2D eigenvalue weighted by Crippen LogP contribution is -2.29. The molecule has 0 bridgehead atoms. The van der Waals surface area contributed by atoms with E-state index < -0.39 is 0 Å². The molecular formula is C12H13ClN2O. The van der Waals surface area contributed by atoms with E-state index in [0.717, 1.165) is 17.5 Å². The van der Waals surface area contributed by atoms with Gasteiger partial charge in [0.2, 0.25) is 0 Å². The summed E-state index contributed by atoms with van der Waals surface area (Å²) in [5.41, 5.74) is 4.85. The molecule has 0 aliphatic heterocycles. The average molecular weight is 237 g/mol. The highest BCUT2D eigenvalue weighted by Gasteiger charge is 2.13. The summed E-state index contributed by atoms with van der Waals surface area (Å²) in [7, 11) is 0. The number of hydrogen-bond donors (Lipinski definition) is 2. The van der Waals surface area contributed by atoms with E-state index in [2.05, 4.69) is 5.43 Å². The van der Waals surface area contributed by atoms with E-state index >= 15 is 0 Å². The molecule has 3 nitrogen and oxygen atoms in total. The first kappa shape index (κ1) is 11.2. The van der Waals surface area contributed by atoms with Crippen molar-refractivity contribution in [2.45, 2.75) is 12.5 Å². The highest BCUT2D eigenvalue weighted by Crippen LogP contribution is 2.24. The van der Waals surface area contributed by atoms with Gasteiger partial charge >= 0.3 is 0 Å². The highest BCUT2D eigenvalue weighted by molar-refractivity contribution is 6.31. The minimum Gasteiger partial charge on any atom is -0.472 e. The summed E-state index contributed by atoms with van der Waals surface area (Å²) in [6.07, 6.45) is 4.10. The van der Waals surface area contributed by atoms with Crippen molar-refractivity contribution in [2.24, 2.45) is 5.84 Å². The van der Waals surface area contributed by atoms with Crippen molar-refractivity contribution in [3.8, 4) is 0 Å². The van der Waals surface area contributed by atoms with E-state index in [-0.39, 0.29) is 6.04 Å². The third kappa shape index (κ3) is 2.44. The van der Waals surface area contributed by atoms with Gasteiger partial charge in [0.05, 0.1) is 18.6 Å². The Labute approximate surface area is 99.2 Å². The molecule has 1 aromatic carbocycles. The maximum Gasteiger partial charge on any atom is 0.0935 e. The number of furan rings is 1. The maximum absolute atomic E-state index is 6.12. The van der Waals surface area contributed by atoms with Crippen LogP contribution in [0.15, 0.2) is 47.3 Å². The summed E-state index contributed by atoms with van der Waals surface area (Å²) >= 11 is 6.12. The van der Waals surface area contributed by atoms with E-state index in [1.165, 1.54) is 0 Å². The lowest BCUT2D eigenvalue weighted by atomic mass is 10.0. The van der Waals surface area contributed by atoms with E-state index in [1.807, 2.05) is 30.3 Å². The van der Waals surface area contributed by atoms with Gasteiger partial charge in [0.1, 0.15) is 0 Å². The predicted octanol–water partition coefficient (Wildman–Crippen LogP) is 2.68. The molecule has 1 heterocycles. The molecule has 3 N–H and O–H groups in total. The predicted molar refractivity (Wildman–Crippen MR) is 63.9 cm³/mol. The van der Waals surface area contributed by atoms with Crippen LogP contribution in [0.2, 0.25) is 5.02 Å². The van der Waals surface area contributed by atoms with Gasteiger partial charge in [-0.05, 0) is 29.7 Å². The van der Waals surface area contributed by atoms with Crippen molar-refractivity contribution in [3.63, 3.8) is 0 Å². The third-order valence-corrected chi connectivity index (χ3v) is 2.85. The maximum atomic E-state index is 6.12. The largest absolute Gasteiger partial charge is 0.472 e. The monoisotopic (exact) mass is 236 g/mol. The first-order chi connectivity index (χ1) is 7.81. The molecule has 16 heavy (non-hydrogen) atoms. The fraction of sp³-hybridized carbons (Fsp3) is 0.167. The van der Waals surface area contributed by atoms with Gasteiger partial charge in [-0.2, -0.15) is 0 Å². The summed E-state index contributed by atoms with van der Waals surface area (Å²) in [4.78, 5) is 0. The van der Waals surface area contributed by atoms with Crippen molar-refractivity contribution in [2.75, 3.05) is 0 Å². The van der Waals surface area contributed by atoms with Crippen LogP contribution in [0.1, 0.15) is 17.2 Å². The molecule has 2 rings (SSSR count). The Kier molecular flexibility index (Phi) is 3.62. The number of halogens is 1. The zero-order chi connectivity index (χ0) is 11.4. The summed E-state index contributed by atoms with van der Waals surface area (Å²) in [5.74, 6) is 5.55. The Balaban J connectivity index is 2.20. The molecule has 1 unspecified atom stereocenters. The second kappa shape index (κ2) is 5.16. The normalized spacial score (nSPS) is 12.6. The first-order valence-corrected chi connectivity index (χ1v) is 5.40. The van der Waals surface area contributed by atoms with Crippen LogP contribution in [0.3, 0.4) is 0 Å². The van der Waals surface area contributed by atoms with Crippen molar-refractivity contribution in [1.82, 2.24) is 5.43 Å². The standard InChI is InChI=1S/C12H13ClN2O/c13-11-4-2-1-3-10(11)12(15-14)7-9-5-6-16-8-9/h1-6,8,12,15H,7,14H2. The lowest BCUT2D eigenvalue weighted by Gasteiger charge is -2.16. The first-order valence-electron chi connectivity index (χ1n) is 5.03. The van der Waals surface area contributed by atoms with Gasteiger partial charge in [-0.1, -0.05) is 29.8 Å². The number of benzene rings is 1. The van der Waals surface area contributed by atoms with Crippen molar-refractivity contribution >= 4 is 11.6 Å². The summed E-state index contributed by atoms with van der Waals surface area (Å²) in [6.45, 7) is 0. The topological polar surface area (TPSA) is 51.2 Å². The molecule has 0 saturated heterocycles. The Bertz CT molecular complexity index is 442. The minimum atomic E-state index is -0.00806. The Hall–Kier alpha value is -1.29. The second-order valence-electron chi connectivity index (χ2n) is 3.58. The molecule has 0 radical (unpaired) electrons. The van der Waals surface area contributed by atoms with E-state index in [1.54, 1.807) is 12.5 Å². The van der Waals surface area contributed by atoms with Crippen LogP contribution in [0.5, 0.6) is 0 Å². The van der Waals surface area contributed by atoms with Crippen LogP contribution in [0.25, 0.3) is 0 Å². The van der Waals surface area contributed by atoms with Crippen LogP contribution in [-0.2, 0) is 6.42 Å². The Morgan fingerprint density at radius 1 is 1.31 bits per heavy atom. The lowest BCUT2D eigenvalue weighted by molar-refractivity contribution is 0.536. The number of nitrogens with one attached hydrogen (secondary N) is 1. The van der Waals surface area contributed by atoms with Crippen LogP contribution < -0.4 is 11.3 Å². The van der Waals surface area contributed by atoms with E-state index in [0.29, 0.717) is 5.02 Å². The van der Waals surface area contributed by atoms with Crippen molar-refractivity contribution in [3.05, 3.63) is 59.0 Å². The Morgan fingerprint density at radius 2 is 2.12 bits per heavy atom. The van der Waals surface area contributed by atoms with Crippen LogP contribution in [0.4, 0.5) is 0 Å². The zero-order valence-electron chi connectivity index (χ0n) is 8.69. The number of hydrogen-bond acceptors (Lipinski definition) is 3. The fourth-order valence-electron chi connectivity index (χ4n) is 1.66. The molecule has 0 aliphatic carbocycles. The molecule has 4 heteroatoms. The van der Waals surface area contributed by atoms with Crippen molar-refractivity contribution in [1.29, 1.82) is 0 Å². The quantitative estimate of drug-likeness (QED) is 0.634. The molecule has 2 aromatic rings. The average Bonchev–Trinajstić information content (AvgIpc) is 2.80. The van der Waals surface area contributed by atoms with Crippen LogP contribution >= 0.6 is 11.6 Å². The molecule has 0 saturated carbocycles. The fourth-order valence-corrected chi connectivity index (χ4v) is 1.93. The minimum absolute atomic E-state index is 0.00806. The van der Waals surface area contributed by atoms with Gasteiger partial charge < -0.3 is 4.42 Å². The molecule has 0 fully saturated rings. The van der Waals surface area contributed by atoms with Gasteiger partial charge in [0, 0.05) is 5.02 Å². The van der Waals surface area contributed by atoms with Gasteiger partial charge in [-0.15, -0.1) is 0 Å². The summed E-state index contributed by atoms with van der Waals surface area (Å²) < 4.78 is 5.02. The summed E-state index contributed by atoms with van der Waals surface area (Å²) in [6, 6.07) is 9.58. The zero-order valence-corrected chi connectivity index (χ0v) is 9.45. The molecule has 0 aliphatic rings. The van der Waals surface area contributed by atoms with Gasteiger partial charge in [-0.25, -0.2) is 0 Å². The number of nitrogens with two attached hydrogens (primary N) is 1. The van der Waals surface area contributed by atoms with Gasteiger partial charge in [-0.3, -0.25) is 11.3 Å². The molecule has 1 aromatic heterocycles. The SMILES string of the molecule is NNC(Cc1ccoc1)c1ccccc1Cl. The van der Waals surface area contributed by atoms with Crippen LogP contribution in [-0.4, -0.2) is 0 Å². The number of rotatable bonds is 4. The van der Waals surface area contributed by atoms with Crippen LogP contribution in [0, 0.1) is 0 Å². The second-order valence-corrected chi connectivity index (χ2v) is 3.98. The Morgan fingerprint density at radius 3 is 2.75 bits per heavy atom. The molecule has 0 amide bonds. The van der Waals surface area contributed by atoms with Crippen molar-refractivity contribution < 1.29 is 4.42 Å². The molecular weight excluding hydrogens is 224 g/mol. The molecule has 1 atom stereocenters. The number of hydrazine groups is 1. The van der Waals surface area contributed by atoms with Gasteiger partial charge in [0.15, 0.2) is 0 Å².